The summed E-state index contributed by atoms with van der Waals surface area (Å²) < 4.78 is 32.7. The number of nitrogens with zero attached hydrogens (tertiary/aromatic N) is 2. The zero-order valence-corrected chi connectivity index (χ0v) is 13.3. The number of benzene rings is 1. The van der Waals surface area contributed by atoms with Crippen molar-refractivity contribution in [3.05, 3.63) is 35.9 Å². The molecule has 0 amide bonds. The lowest BCUT2D eigenvalue weighted by molar-refractivity contribution is -0.0277. The molecule has 1 heterocycles. The van der Waals surface area contributed by atoms with Crippen LogP contribution < -0.4 is 4.72 Å². The highest BCUT2D eigenvalue weighted by molar-refractivity contribution is 7.87. The lowest BCUT2D eigenvalue weighted by Crippen LogP contribution is -2.48. The first-order valence-corrected chi connectivity index (χ1v) is 8.46. The molecule has 0 bridgehead atoms. The van der Waals surface area contributed by atoms with Crippen molar-refractivity contribution in [2.75, 3.05) is 40.3 Å². The normalized spacial score (nSPS) is 20.8. The standard InChI is InChI=1S/C14H23N3O3S/c1-16(2)21(18,19)15-10-14-12-17(8-9-20-14)11-13-6-4-3-5-7-13/h3-7,14-15H,8-12H2,1-2H3. The van der Waals surface area contributed by atoms with Gasteiger partial charge in [-0.25, -0.2) is 0 Å². The quantitative estimate of drug-likeness (QED) is 0.820. The number of ether oxygens (including phenoxy) is 1. The first-order valence-electron chi connectivity index (χ1n) is 7.02. The zero-order valence-electron chi connectivity index (χ0n) is 12.5. The van der Waals surface area contributed by atoms with Gasteiger partial charge < -0.3 is 4.74 Å². The zero-order chi connectivity index (χ0) is 15.3. The third kappa shape index (κ3) is 5.05. The molecule has 0 spiro atoms. The molecule has 7 heteroatoms. The monoisotopic (exact) mass is 313 g/mol. The summed E-state index contributed by atoms with van der Waals surface area (Å²) in [5, 5.41) is 0. The lowest BCUT2D eigenvalue weighted by atomic mass is 10.2. The van der Waals surface area contributed by atoms with Crippen molar-refractivity contribution in [2.24, 2.45) is 0 Å². The second-order valence-electron chi connectivity index (χ2n) is 5.35. The predicted molar refractivity (Wildman–Crippen MR) is 82.1 cm³/mol. The minimum absolute atomic E-state index is 0.114. The second-order valence-corrected chi connectivity index (χ2v) is 7.32. The van der Waals surface area contributed by atoms with Crippen LogP contribution in [0.5, 0.6) is 0 Å². The van der Waals surface area contributed by atoms with E-state index in [9.17, 15) is 8.42 Å². The average Bonchev–Trinajstić information content (AvgIpc) is 2.47. The van der Waals surface area contributed by atoms with Crippen molar-refractivity contribution in [1.29, 1.82) is 0 Å². The number of hydrogen-bond acceptors (Lipinski definition) is 4. The summed E-state index contributed by atoms with van der Waals surface area (Å²) in [6, 6.07) is 10.2. The van der Waals surface area contributed by atoms with Crippen molar-refractivity contribution in [3.8, 4) is 0 Å². The largest absolute Gasteiger partial charge is 0.374 e. The fourth-order valence-corrected chi connectivity index (χ4v) is 2.87. The Bertz CT molecular complexity index is 534. The molecule has 1 aliphatic heterocycles. The van der Waals surface area contributed by atoms with Gasteiger partial charge in [0.15, 0.2) is 0 Å². The number of hydrogen-bond donors (Lipinski definition) is 1. The van der Waals surface area contributed by atoms with Gasteiger partial charge in [0.1, 0.15) is 0 Å². The van der Waals surface area contributed by atoms with Crippen LogP contribution in [0.15, 0.2) is 30.3 Å². The summed E-state index contributed by atoms with van der Waals surface area (Å²) in [4.78, 5) is 2.29. The third-order valence-electron chi connectivity index (χ3n) is 3.45. The summed E-state index contributed by atoms with van der Waals surface area (Å²) in [6.07, 6.45) is -0.114. The Labute approximate surface area is 126 Å². The fraction of sp³-hybridized carbons (Fsp3) is 0.571. The summed E-state index contributed by atoms with van der Waals surface area (Å²) in [7, 11) is -0.378. The van der Waals surface area contributed by atoms with E-state index in [1.54, 1.807) is 0 Å². The van der Waals surface area contributed by atoms with Crippen molar-refractivity contribution in [2.45, 2.75) is 12.6 Å². The van der Waals surface area contributed by atoms with Gasteiger partial charge in [-0.1, -0.05) is 30.3 Å². The van der Waals surface area contributed by atoms with E-state index >= 15 is 0 Å². The van der Waals surface area contributed by atoms with Crippen LogP contribution >= 0.6 is 0 Å². The van der Waals surface area contributed by atoms with Crippen LogP contribution in [0.1, 0.15) is 5.56 Å². The highest BCUT2D eigenvalue weighted by atomic mass is 32.2. The summed E-state index contributed by atoms with van der Waals surface area (Å²) in [6.45, 7) is 3.38. The van der Waals surface area contributed by atoms with Crippen molar-refractivity contribution >= 4 is 10.2 Å². The smallest absolute Gasteiger partial charge is 0.279 e. The van der Waals surface area contributed by atoms with Gasteiger partial charge in [-0.05, 0) is 5.56 Å². The second kappa shape index (κ2) is 7.33. The van der Waals surface area contributed by atoms with E-state index < -0.39 is 10.2 Å². The van der Waals surface area contributed by atoms with Crippen molar-refractivity contribution < 1.29 is 13.2 Å². The van der Waals surface area contributed by atoms with Crippen LogP contribution in [0.25, 0.3) is 0 Å². The van der Waals surface area contributed by atoms with Gasteiger partial charge in [-0.2, -0.15) is 17.4 Å². The molecule has 1 fully saturated rings. The molecule has 21 heavy (non-hydrogen) atoms. The average molecular weight is 313 g/mol. The predicted octanol–water partition coefficient (Wildman–Crippen LogP) is 0.283. The maximum absolute atomic E-state index is 11.7. The molecule has 2 rings (SSSR count). The van der Waals surface area contributed by atoms with Gasteiger partial charge in [-0.3, -0.25) is 4.90 Å². The van der Waals surface area contributed by atoms with E-state index in [-0.39, 0.29) is 6.10 Å². The number of morpholine rings is 1. The van der Waals surface area contributed by atoms with Crippen LogP contribution in [0.2, 0.25) is 0 Å². The molecule has 0 saturated carbocycles. The molecule has 1 aromatic carbocycles. The molecule has 1 aromatic rings. The Morgan fingerprint density at radius 2 is 2.05 bits per heavy atom. The van der Waals surface area contributed by atoms with E-state index in [2.05, 4.69) is 21.8 Å². The van der Waals surface area contributed by atoms with Gasteiger partial charge >= 0.3 is 0 Å². The van der Waals surface area contributed by atoms with Gasteiger partial charge in [0.2, 0.25) is 0 Å². The highest BCUT2D eigenvalue weighted by Gasteiger charge is 2.23. The Morgan fingerprint density at radius 1 is 1.33 bits per heavy atom. The number of rotatable bonds is 6. The Balaban J connectivity index is 1.84. The molecule has 118 valence electrons. The van der Waals surface area contributed by atoms with Crippen LogP contribution in [-0.4, -0.2) is 64.1 Å². The molecule has 6 nitrogen and oxygen atoms in total. The molecule has 0 radical (unpaired) electrons. The van der Waals surface area contributed by atoms with Gasteiger partial charge in [-0.15, -0.1) is 0 Å². The maximum Gasteiger partial charge on any atom is 0.279 e. The molecule has 1 unspecified atom stereocenters. The van der Waals surface area contributed by atoms with Crippen LogP contribution in [0, 0.1) is 0 Å². The summed E-state index contributed by atoms with van der Waals surface area (Å²) in [5.74, 6) is 0. The molecule has 1 saturated heterocycles. The SMILES string of the molecule is CN(C)S(=O)(=O)NCC1CN(Cc2ccccc2)CCO1. The van der Waals surface area contributed by atoms with Gasteiger partial charge in [0.05, 0.1) is 12.7 Å². The van der Waals surface area contributed by atoms with E-state index in [1.165, 1.54) is 19.7 Å². The molecule has 1 N–H and O–H groups in total. The molecular weight excluding hydrogens is 290 g/mol. The van der Waals surface area contributed by atoms with E-state index in [1.807, 2.05) is 18.2 Å². The van der Waals surface area contributed by atoms with E-state index in [0.717, 1.165) is 23.9 Å². The first kappa shape index (κ1) is 16.4. The van der Waals surface area contributed by atoms with E-state index in [4.69, 9.17) is 4.74 Å². The summed E-state index contributed by atoms with van der Waals surface area (Å²) >= 11 is 0. The fourth-order valence-electron chi connectivity index (χ4n) is 2.22. The third-order valence-corrected chi connectivity index (χ3v) is 4.94. The first-order chi connectivity index (χ1) is 9.97. The van der Waals surface area contributed by atoms with Gasteiger partial charge in [0.25, 0.3) is 10.2 Å². The van der Waals surface area contributed by atoms with Crippen LogP contribution in [-0.2, 0) is 21.5 Å². The Hall–Kier alpha value is -0.990. The Kier molecular flexibility index (Phi) is 5.72. The van der Waals surface area contributed by atoms with Crippen LogP contribution in [0.3, 0.4) is 0 Å². The van der Waals surface area contributed by atoms with E-state index in [0.29, 0.717) is 13.2 Å². The highest BCUT2D eigenvalue weighted by Crippen LogP contribution is 2.10. The van der Waals surface area contributed by atoms with Gasteiger partial charge in [0, 0.05) is 40.3 Å². The molecule has 0 aliphatic carbocycles. The van der Waals surface area contributed by atoms with Crippen molar-refractivity contribution in [3.63, 3.8) is 0 Å². The van der Waals surface area contributed by atoms with Crippen LogP contribution in [0.4, 0.5) is 0 Å². The maximum atomic E-state index is 11.7. The Morgan fingerprint density at radius 3 is 2.71 bits per heavy atom. The lowest BCUT2D eigenvalue weighted by Gasteiger charge is -2.33. The molecule has 1 atom stereocenters. The van der Waals surface area contributed by atoms with Crippen molar-refractivity contribution in [1.82, 2.24) is 13.9 Å². The number of nitrogens with one attached hydrogen (secondary N) is 1. The molecule has 0 aromatic heterocycles. The minimum Gasteiger partial charge on any atom is -0.374 e. The molecule has 1 aliphatic rings. The molecular formula is C14H23N3O3S. The topological polar surface area (TPSA) is 61.9 Å². The summed E-state index contributed by atoms with van der Waals surface area (Å²) in [5.41, 5.74) is 1.26. The minimum atomic E-state index is -3.39.